The molecule has 29 heavy (non-hydrogen) atoms. The van der Waals surface area contributed by atoms with Gasteiger partial charge in [0.15, 0.2) is 11.5 Å². The fourth-order valence-corrected chi connectivity index (χ4v) is 3.72. The Morgan fingerprint density at radius 1 is 1.14 bits per heavy atom. The maximum atomic E-state index is 12.5. The molecule has 7 nitrogen and oxygen atoms in total. The second kappa shape index (κ2) is 10.3. The molecule has 2 aliphatic heterocycles. The summed E-state index contributed by atoms with van der Waals surface area (Å²) in [4.78, 5) is 26.8. The van der Waals surface area contributed by atoms with Gasteiger partial charge in [0.2, 0.25) is 5.91 Å². The summed E-state index contributed by atoms with van der Waals surface area (Å²) in [5, 5.41) is 3.00. The zero-order valence-corrected chi connectivity index (χ0v) is 17.2. The van der Waals surface area contributed by atoms with E-state index in [1.165, 1.54) is 5.57 Å². The van der Waals surface area contributed by atoms with Gasteiger partial charge in [0.05, 0.1) is 27.4 Å². The highest BCUT2D eigenvalue weighted by molar-refractivity contribution is 5.94. The predicted octanol–water partition coefficient (Wildman–Crippen LogP) is 2.41. The maximum Gasteiger partial charge on any atom is 0.251 e. The molecule has 0 aliphatic carbocycles. The number of benzene rings is 1. The highest BCUT2D eigenvalue weighted by atomic mass is 16.5. The summed E-state index contributed by atoms with van der Waals surface area (Å²) in [5.41, 5.74) is 1.73. The molecule has 0 atom stereocenters. The van der Waals surface area contributed by atoms with Crippen molar-refractivity contribution in [3.05, 3.63) is 35.4 Å². The molecule has 1 N–H and O–H groups in total. The van der Waals surface area contributed by atoms with Crippen molar-refractivity contribution in [3.63, 3.8) is 0 Å². The fourth-order valence-electron chi connectivity index (χ4n) is 3.72. The number of likely N-dealkylation sites (tertiary alicyclic amines) is 1. The van der Waals surface area contributed by atoms with Gasteiger partial charge in [-0.2, -0.15) is 0 Å². The molecule has 2 heterocycles. The van der Waals surface area contributed by atoms with Crippen LogP contribution in [0.3, 0.4) is 0 Å². The third kappa shape index (κ3) is 5.73. The van der Waals surface area contributed by atoms with Crippen LogP contribution in [0, 0.1) is 5.92 Å². The van der Waals surface area contributed by atoms with E-state index in [1.54, 1.807) is 38.5 Å². The highest BCUT2D eigenvalue weighted by Gasteiger charge is 2.23. The van der Waals surface area contributed by atoms with Crippen LogP contribution in [0.1, 0.15) is 36.0 Å². The van der Waals surface area contributed by atoms with E-state index in [4.69, 9.17) is 14.2 Å². The summed E-state index contributed by atoms with van der Waals surface area (Å²) in [6, 6.07) is 5.13. The molecule has 0 aromatic heterocycles. The van der Waals surface area contributed by atoms with E-state index in [-0.39, 0.29) is 11.8 Å². The number of methoxy groups -OCH3 is 2. The van der Waals surface area contributed by atoms with Gasteiger partial charge in [0, 0.05) is 31.3 Å². The van der Waals surface area contributed by atoms with Gasteiger partial charge in [-0.15, -0.1) is 0 Å². The Balaban J connectivity index is 1.45. The molecular formula is C22H30N2O5. The normalized spacial score (nSPS) is 17.6. The number of rotatable bonds is 6. The zero-order valence-electron chi connectivity index (χ0n) is 17.2. The summed E-state index contributed by atoms with van der Waals surface area (Å²) in [7, 11) is 3.11. The molecule has 0 radical (unpaired) electrons. The van der Waals surface area contributed by atoms with E-state index < -0.39 is 0 Å². The number of piperidine rings is 1. The van der Waals surface area contributed by atoms with Gasteiger partial charge in [-0.3, -0.25) is 9.59 Å². The Morgan fingerprint density at radius 2 is 1.83 bits per heavy atom. The van der Waals surface area contributed by atoms with Crippen molar-refractivity contribution in [1.82, 2.24) is 10.2 Å². The topological polar surface area (TPSA) is 77.1 Å². The first-order valence-electron chi connectivity index (χ1n) is 10.2. The number of carbonyl (C=O) groups is 2. The van der Waals surface area contributed by atoms with Crippen LogP contribution in [-0.4, -0.2) is 63.8 Å². The van der Waals surface area contributed by atoms with Crippen LogP contribution in [0.15, 0.2) is 29.8 Å². The Morgan fingerprint density at radius 3 is 2.48 bits per heavy atom. The van der Waals surface area contributed by atoms with Crippen molar-refractivity contribution >= 4 is 11.8 Å². The molecule has 2 fully saturated rings. The molecule has 2 saturated heterocycles. The summed E-state index contributed by atoms with van der Waals surface area (Å²) < 4.78 is 15.8. The van der Waals surface area contributed by atoms with Crippen LogP contribution in [-0.2, 0) is 9.53 Å². The standard InChI is InChI=1S/C22H30N2O5/c1-27-19-4-3-18(14-20(19)28-2)22(26)23-15-17-5-9-24(10-6-17)21(25)13-16-7-11-29-12-8-16/h3-4,13-14,17H,5-12,15H2,1-2H3,(H,23,26). The van der Waals surface area contributed by atoms with Gasteiger partial charge in [-0.1, -0.05) is 5.57 Å². The third-order valence-corrected chi connectivity index (χ3v) is 5.59. The number of ether oxygens (including phenoxy) is 3. The molecule has 0 unspecified atom stereocenters. The van der Waals surface area contributed by atoms with Crippen molar-refractivity contribution in [2.45, 2.75) is 25.7 Å². The highest BCUT2D eigenvalue weighted by Crippen LogP contribution is 2.27. The third-order valence-electron chi connectivity index (χ3n) is 5.59. The molecule has 158 valence electrons. The summed E-state index contributed by atoms with van der Waals surface area (Å²) >= 11 is 0. The first-order chi connectivity index (χ1) is 14.1. The first kappa shape index (κ1) is 21.2. The number of nitrogens with one attached hydrogen (secondary N) is 1. The Labute approximate surface area is 172 Å². The summed E-state index contributed by atoms with van der Waals surface area (Å²) in [6.07, 6.45) is 5.28. The molecule has 0 saturated carbocycles. The maximum absolute atomic E-state index is 12.5. The van der Waals surface area contributed by atoms with Gasteiger partial charge in [-0.05, 0) is 49.8 Å². The van der Waals surface area contributed by atoms with Crippen molar-refractivity contribution in [1.29, 1.82) is 0 Å². The molecular weight excluding hydrogens is 372 g/mol. The Kier molecular flexibility index (Phi) is 7.52. The van der Waals surface area contributed by atoms with E-state index in [0.29, 0.717) is 42.7 Å². The average molecular weight is 402 g/mol. The van der Waals surface area contributed by atoms with Gasteiger partial charge < -0.3 is 24.4 Å². The van der Waals surface area contributed by atoms with Gasteiger partial charge >= 0.3 is 0 Å². The van der Waals surface area contributed by atoms with Gasteiger partial charge in [0.1, 0.15) is 0 Å². The summed E-state index contributed by atoms with van der Waals surface area (Å²) in [6.45, 7) is 3.49. The fraction of sp³-hybridized carbons (Fsp3) is 0.545. The number of amides is 2. The van der Waals surface area contributed by atoms with Crippen molar-refractivity contribution in [2.24, 2.45) is 5.92 Å². The zero-order chi connectivity index (χ0) is 20.6. The second-order valence-corrected chi connectivity index (χ2v) is 7.46. The number of hydrogen-bond donors (Lipinski definition) is 1. The first-order valence-corrected chi connectivity index (χ1v) is 10.2. The van der Waals surface area contributed by atoms with E-state index in [1.807, 2.05) is 4.90 Å². The lowest BCUT2D eigenvalue weighted by Crippen LogP contribution is -2.41. The lowest BCUT2D eigenvalue weighted by atomic mass is 9.96. The lowest BCUT2D eigenvalue weighted by Gasteiger charge is -2.31. The van der Waals surface area contributed by atoms with Crippen LogP contribution in [0.2, 0.25) is 0 Å². The van der Waals surface area contributed by atoms with E-state index in [9.17, 15) is 9.59 Å². The minimum absolute atomic E-state index is 0.106. The van der Waals surface area contributed by atoms with Crippen molar-refractivity contribution < 1.29 is 23.8 Å². The predicted molar refractivity (Wildman–Crippen MR) is 109 cm³/mol. The molecule has 1 aromatic carbocycles. The number of nitrogens with zero attached hydrogens (tertiary/aromatic N) is 1. The van der Waals surface area contributed by atoms with E-state index >= 15 is 0 Å². The van der Waals surface area contributed by atoms with Crippen molar-refractivity contribution in [3.8, 4) is 11.5 Å². The molecule has 1 aromatic rings. The molecule has 2 aliphatic rings. The summed E-state index contributed by atoms with van der Waals surface area (Å²) in [5.74, 6) is 1.48. The van der Waals surface area contributed by atoms with Crippen molar-refractivity contribution in [2.75, 3.05) is 47.1 Å². The quantitative estimate of drug-likeness (QED) is 0.740. The molecule has 0 spiro atoms. The molecule has 0 bridgehead atoms. The Bertz CT molecular complexity index is 746. The van der Waals surface area contributed by atoms with Crippen LogP contribution in [0.4, 0.5) is 0 Å². The smallest absolute Gasteiger partial charge is 0.251 e. The molecule has 2 amide bonds. The minimum atomic E-state index is -0.131. The molecule has 3 rings (SSSR count). The number of hydrogen-bond acceptors (Lipinski definition) is 5. The second-order valence-electron chi connectivity index (χ2n) is 7.46. The molecule has 7 heteroatoms. The van der Waals surface area contributed by atoms with Crippen LogP contribution in [0.25, 0.3) is 0 Å². The monoisotopic (exact) mass is 402 g/mol. The Hall–Kier alpha value is -2.54. The van der Waals surface area contributed by atoms with Crippen LogP contribution >= 0.6 is 0 Å². The minimum Gasteiger partial charge on any atom is -0.493 e. The lowest BCUT2D eigenvalue weighted by molar-refractivity contribution is -0.127. The van der Waals surface area contributed by atoms with Gasteiger partial charge in [0.25, 0.3) is 5.91 Å². The van der Waals surface area contributed by atoms with Gasteiger partial charge in [-0.25, -0.2) is 0 Å². The van der Waals surface area contributed by atoms with Crippen LogP contribution < -0.4 is 14.8 Å². The largest absolute Gasteiger partial charge is 0.493 e. The SMILES string of the molecule is COc1ccc(C(=O)NCC2CCN(C(=O)C=C3CCOCC3)CC2)cc1OC. The van der Waals surface area contributed by atoms with Crippen LogP contribution in [0.5, 0.6) is 11.5 Å². The average Bonchev–Trinajstić information content (AvgIpc) is 2.78. The van der Waals surface area contributed by atoms with E-state index in [2.05, 4.69) is 5.32 Å². The number of carbonyl (C=O) groups excluding carboxylic acids is 2. The van der Waals surface area contributed by atoms with E-state index in [0.717, 1.165) is 38.8 Å².